The number of ether oxygens (including phenoxy) is 1. The average Bonchev–Trinajstić information content (AvgIpc) is 2.72. The van der Waals surface area contributed by atoms with E-state index in [0.29, 0.717) is 0 Å². The van der Waals surface area contributed by atoms with Gasteiger partial charge >= 0.3 is 12.1 Å². The molecule has 1 heterocycles. The molecule has 0 saturated carbocycles. The molecule has 2 rings (SSSR count). The van der Waals surface area contributed by atoms with Gasteiger partial charge in [-0.3, -0.25) is 0 Å². The van der Waals surface area contributed by atoms with Crippen molar-refractivity contribution < 1.29 is 19.4 Å². The van der Waals surface area contributed by atoms with Crippen LogP contribution in [0.2, 0.25) is 0 Å². The van der Waals surface area contributed by atoms with Crippen LogP contribution in [0.25, 0.3) is 6.08 Å². The van der Waals surface area contributed by atoms with Gasteiger partial charge in [-0.2, -0.15) is 0 Å². The first-order valence-electron chi connectivity index (χ1n) is 7.76. The molecular weight excluding hydrogens is 296 g/mol. The number of aromatic nitrogens is 1. The van der Waals surface area contributed by atoms with Crippen LogP contribution < -0.4 is 5.32 Å². The molecule has 1 atom stereocenters. The number of carboxylic acid groups (broad SMARTS) is 1. The maximum absolute atomic E-state index is 11.9. The molecule has 6 nitrogen and oxygen atoms in total. The van der Waals surface area contributed by atoms with Gasteiger partial charge in [0.2, 0.25) is 0 Å². The van der Waals surface area contributed by atoms with E-state index in [2.05, 4.69) is 16.4 Å². The number of aromatic amines is 1. The van der Waals surface area contributed by atoms with Crippen LogP contribution in [0.5, 0.6) is 0 Å². The van der Waals surface area contributed by atoms with E-state index in [0.717, 1.165) is 35.4 Å². The van der Waals surface area contributed by atoms with Gasteiger partial charge in [0, 0.05) is 17.8 Å². The second kappa shape index (κ2) is 6.48. The van der Waals surface area contributed by atoms with Gasteiger partial charge in [-0.05, 0) is 51.7 Å². The molecule has 1 aliphatic rings. The number of aryl methyl sites for hydroxylation is 2. The number of hydrogen-bond acceptors (Lipinski definition) is 3. The van der Waals surface area contributed by atoms with Gasteiger partial charge in [-0.15, -0.1) is 0 Å². The fraction of sp³-hybridized carbons (Fsp3) is 0.529. The minimum atomic E-state index is -1.08. The Kier molecular flexibility index (Phi) is 4.82. The van der Waals surface area contributed by atoms with Crippen molar-refractivity contribution in [1.82, 2.24) is 10.3 Å². The summed E-state index contributed by atoms with van der Waals surface area (Å²) in [5.41, 5.74) is 3.38. The first-order chi connectivity index (χ1) is 10.7. The SMILES string of the molecule is Cc1[nH]c2c(c1C[C@@H](NC(=O)OC(C)(C)C)C(=O)O)C=CCC2. The number of hydrogen-bond donors (Lipinski definition) is 3. The minimum absolute atomic E-state index is 0.219. The largest absolute Gasteiger partial charge is 0.480 e. The average molecular weight is 320 g/mol. The Labute approximate surface area is 135 Å². The van der Waals surface area contributed by atoms with Crippen molar-refractivity contribution in [2.75, 3.05) is 0 Å². The van der Waals surface area contributed by atoms with E-state index >= 15 is 0 Å². The topological polar surface area (TPSA) is 91.4 Å². The highest BCUT2D eigenvalue weighted by Crippen LogP contribution is 2.26. The normalized spacial score (nSPS) is 15.0. The quantitative estimate of drug-likeness (QED) is 0.795. The molecule has 0 spiro atoms. The molecule has 6 heteroatoms. The zero-order chi connectivity index (χ0) is 17.2. The summed E-state index contributed by atoms with van der Waals surface area (Å²) < 4.78 is 5.15. The van der Waals surface area contributed by atoms with E-state index in [-0.39, 0.29) is 6.42 Å². The summed E-state index contributed by atoms with van der Waals surface area (Å²) in [6, 6.07) is -1.03. The van der Waals surface area contributed by atoms with Gasteiger partial charge < -0.3 is 20.1 Å². The number of H-pyrrole nitrogens is 1. The molecular formula is C17H24N2O4. The highest BCUT2D eigenvalue weighted by atomic mass is 16.6. The molecule has 0 aliphatic heterocycles. The smallest absolute Gasteiger partial charge is 0.408 e. The van der Waals surface area contributed by atoms with Gasteiger partial charge in [0.25, 0.3) is 0 Å². The van der Waals surface area contributed by atoms with Crippen molar-refractivity contribution in [3.8, 4) is 0 Å². The van der Waals surface area contributed by atoms with E-state index in [1.54, 1.807) is 20.8 Å². The van der Waals surface area contributed by atoms with E-state index in [9.17, 15) is 14.7 Å². The maximum atomic E-state index is 11.9. The lowest BCUT2D eigenvalue weighted by atomic mass is 9.96. The second-order valence-corrected chi connectivity index (χ2v) is 6.80. The molecule has 1 aliphatic carbocycles. The predicted octanol–water partition coefficient (Wildman–Crippen LogP) is 2.80. The molecule has 1 aromatic rings. The number of allylic oxidation sites excluding steroid dienone is 1. The van der Waals surface area contributed by atoms with Crippen LogP contribution >= 0.6 is 0 Å². The Hall–Kier alpha value is -2.24. The summed E-state index contributed by atoms with van der Waals surface area (Å²) >= 11 is 0. The summed E-state index contributed by atoms with van der Waals surface area (Å²) in [6.07, 6.45) is 5.49. The first-order valence-corrected chi connectivity index (χ1v) is 7.76. The van der Waals surface area contributed by atoms with Crippen molar-refractivity contribution in [3.63, 3.8) is 0 Å². The Balaban J connectivity index is 2.15. The third-order valence-electron chi connectivity index (χ3n) is 3.68. The molecule has 0 saturated heterocycles. The van der Waals surface area contributed by atoms with Crippen molar-refractivity contribution in [3.05, 3.63) is 28.6 Å². The van der Waals surface area contributed by atoms with Crippen LogP contribution in [0.1, 0.15) is 49.7 Å². The molecule has 0 radical (unpaired) electrons. The molecule has 23 heavy (non-hydrogen) atoms. The van der Waals surface area contributed by atoms with Crippen LogP contribution in [0.15, 0.2) is 6.08 Å². The fourth-order valence-electron chi connectivity index (χ4n) is 2.70. The third kappa shape index (κ3) is 4.37. The van der Waals surface area contributed by atoms with Gasteiger partial charge in [-0.1, -0.05) is 12.2 Å². The number of amides is 1. The van der Waals surface area contributed by atoms with Crippen LogP contribution in [-0.4, -0.2) is 33.8 Å². The second-order valence-electron chi connectivity index (χ2n) is 6.80. The number of nitrogens with one attached hydrogen (secondary N) is 2. The van der Waals surface area contributed by atoms with Gasteiger partial charge in [0.05, 0.1) is 0 Å². The zero-order valence-corrected chi connectivity index (χ0v) is 14.0. The highest BCUT2D eigenvalue weighted by Gasteiger charge is 2.27. The van der Waals surface area contributed by atoms with Crippen LogP contribution in [0.3, 0.4) is 0 Å². The van der Waals surface area contributed by atoms with Crippen LogP contribution in [0, 0.1) is 6.92 Å². The lowest BCUT2D eigenvalue weighted by molar-refractivity contribution is -0.139. The summed E-state index contributed by atoms with van der Waals surface area (Å²) in [5.74, 6) is -1.08. The highest BCUT2D eigenvalue weighted by molar-refractivity contribution is 5.80. The minimum Gasteiger partial charge on any atom is -0.480 e. The van der Waals surface area contributed by atoms with Gasteiger partial charge in [0.1, 0.15) is 11.6 Å². The number of carbonyl (C=O) groups excluding carboxylic acids is 1. The number of fused-ring (bicyclic) bond motifs is 1. The van der Waals surface area contributed by atoms with E-state index in [1.807, 2.05) is 13.0 Å². The molecule has 0 unspecified atom stereocenters. The standard InChI is InChI=1S/C17H24N2O4/c1-10-12(11-7-5-6-8-13(11)18-10)9-14(15(20)21)19-16(22)23-17(2,3)4/h5,7,14,18H,6,8-9H2,1-4H3,(H,19,22)(H,20,21)/t14-/m1/s1. The molecule has 0 fully saturated rings. The number of carboxylic acids is 1. The Morgan fingerprint density at radius 1 is 1.43 bits per heavy atom. The Bertz CT molecular complexity index is 638. The van der Waals surface area contributed by atoms with Crippen LogP contribution in [0.4, 0.5) is 4.79 Å². The van der Waals surface area contributed by atoms with Crippen molar-refractivity contribution >= 4 is 18.1 Å². The van der Waals surface area contributed by atoms with Gasteiger partial charge in [0.15, 0.2) is 0 Å². The molecule has 0 bridgehead atoms. The first kappa shape index (κ1) is 17.1. The monoisotopic (exact) mass is 320 g/mol. The number of aliphatic carboxylic acids is 1. The van der Waals surface area contributed by atoms with Crippen molar-refractivity contribution in [1.29, 1.82) is 0 Å². The summed E-state index contributed by atoms with van der Waals surface area (Å²) in [4.78, 5) is 26.7. The molecule has 1 amide bonds. The summed E-state index contributed by atoms with van der Waals surface area (Å²) in [6.45, 7) is 7.13. The lowest BCUT2D eigenvalue weighted by Gasteiger charge is -2.22. The van der Waals surface area contributed by atoms with Crippen molar-refractivity contribution in [2.24, 2.45) is 0 Å². The summed E-state index contributed by atoms with van der Waals surface area (Å²) in [7, 11) is 0. The lowest BCUT2D eigenvalue weighted by Crippen LogP contribution is -2.44. The van der Waals surface area contributed by atoms with E-state index in [4.69, 9.17) is 4.74 Å². The van der Waals surface area contributed by atoms with Crippen LogP contribution in [-0.2, 0) is 22.4 Å². The zero-order valence-electron chi connectivity index (χ0n) is 14.0. The molecule has 126 valence electrons. The van der Waals surface area contributed by atoms with E-state index in [1.165, 1.54) is 0 Å². The molecule has 0 aromatic carbocycles. The van der Waals surface area contributed by atoms with E-state index < -0.39 is 23.7 Å². The maximum Gasteiger partial charge on any atom is 0.408 e. The summed E-state index contributed by atoms with van der Waals surface area (Å²) in [5, 5.41) is 11.9. The number of alkyl carbamates (subject to hydrolysis) is 1. The number of rotatable bonds is 4. The van der Waals surface area contributed by atoms with Gasteiger partial charge in [-0.25, -0.2) is 9.59 Å². The Morgan fingerprint density at radius 3 is 2.74 bits per heavy atom. The fourth-order valence-corrected chi connectivity index (χ4v) is 2.70. The molecule has 1 aromatic heterocycles. The predicted molar refractivity (Wildman–Crippen MR) is 87.4 cm³/mol. The number of carbonyl (C=O) groups is 2. The Morgan fingerprint density at radius 2 is 2.13 bits per heavy atom. The van der Waals surface area contributed by atoms with Crippen molar-refractivity contribution in [2.45, 2.75) is 58.6 Å². The third-order valence-corrected chi connectivity index (χ3v) is 3.68. The molecule has 3 N–H and O–H groups in total.